The summed E-state index contributed by atoms with van der Waals surface area (Å²) in [5, 5.41) is 7.78. The van der Waals surface area contributed by atoms with Crippen LogP contribution in [-0.2, 0) is 14.3 Å². The number of nitrogens with zero attached hydrogens (tertiary/aromatic N) is 1. The molecule has 0 radical (unpaired) electrons. The Balaban J connectivity index is 1.77. The smallest absolute Gasteiger partial charge is 0.374 e. The molecule has 0 saturated heterocycles. The van der Waals surface area contributed by atoms with E-state index in [1.165, 1.54) is 13.2 Å². The molecule has 0 saturated carbocycles. The van der Waals surface area contributed by atoms with Crippen LogP contribution in [0.4, 0.5) is 5.69 Å². The van der Waals surface area contributed by atoms with Gasteiger partial charge in [-0.1, -0.05) is 35.9 Å². The number of hydrogen-bond acceptors (Lipinski definition) is 6. The van der Waals surface area contributed by atoms with Crippen molar-refractivity contribution in [1.82, 2.24) is 5.43 Å². The first-order chi connectivity index (χ1) is 14.0. The fraction of sp³-hybridized carbons (Fsp3) is 0.100. The fourth-order valence-electron chi connectivity index (χ4n) is 2.48. The normalized spacial score (nSPS) is 11.2. The van der Waals surface area contributed by atoms with Crippen LogP contribution in [-0.4, -0.2) is 24.9 Å². The van der Waals surface area contributed by atoms with Crippen LogP contribution in [0.25, 0.3) is 11.0 Å². The summed E-state index contributed by atoms with van der Waals surface area (Å²) in [5.41, 5.74) is 3.10. The van der Waals surface area contributed by atoms with Crippen LogP contribution in [0.3, 0.4) is 0 Å². The molecule has 3 rings (SSSR count). The second-order valence-corrected chi connectivity index (χ2v) is 6.24. The first-order valence-electron chi connectivity index (χ1n) is 8.46. The van der Waals surface area contributed by atoms with E-state index in [2.05, 4.69) is 20.6 Å². The van der Waals surface area contributed by atoms with Crippen LogP contribution in [0.1, 0.15) is 17.0 Å². The van der Waals surface area contributed by atoms with Crippen molar-refractivity contribution < 1.29 is 23.5 Å². The van der Waals surface area contributed by atoms with E-state index in [9.17, 15) is 14.4 Å². The molecule has 0 bridgehead atoms. The number of para-hydroxylation sites is 2. The van der Waals surface area contributed by atoms with Crippen molar-refractivity contribution in [2.75, 3.05) is 12.4 Å². The Kier molecular flexibility index (Phi) is 6.25. The van der Waals surface area contributed by atoms with Crippen LogP contribution in [0.15, 0.2) is 64.1 Å². The van der Waals surface area contributed by atoms with Crippen molar-refractivity contribution in [2.45, 2.75) is 6.42 Å². The lowest BCUT2D eigenvalue weighted by Gasteiger charge is -2.06. The highest BCUT2D eigenvalue weighted by Crippen LogP contribution is 2.20. The number of hydrogen-bond donors (Lipinski definition) is 2. The van der Waals surface area contributed by atoms with Gasteiger partial charge in [-0.15, -0.1) is 0 Å². The second-order valence-electron chi connectivity index (χ2n) is 5.84. The molecular formula is C20H16ClN3O5. The van der Waals surface area contributed by atoms with Gasteiger partial charge in [0.2, 0.25) is 17.6 Å². The van der Waals surface area contributed by atoms with Crippen LogP contribution in [0, 0.1) is 0 Å². The number of carbonyl (C=O) groups excluding carboxylic acids is 3. The molecule has 2 amide bonds. The van der Waals surface area contributed by atoms with Crippen molar-refractivity contribution in [3.05, 3.63) is 70.7 Å². The number of nitrogens with one attached hydrogen (secondary N) is 2. The number of amides is 2. The van der Waals surface area contributed by atoms with E-state index >= 15 is 0 Å². The Morgan fingerprint density at radius 2 is 1.79 bits per heavy atom. The van der Waals surface area contributed by atoms with Crippen LogP contribution >= 0.6 is 11.6 Å². The van der Waals surface area contributed by atoms with E-state index in [0.717, 1.165) is 0 Å². The molecule has 3 aromatic rings. The van der Waals surface area contributed by atoms with Gasteiger partial charge < -0.3 is 14.5 Å². The van der Waals surface area contributed by atoms with Gasteiger partial charge >= 0.3 is 5.97 Å². The van der Waals surface area contributed by atoms with Crippen molar-refractivity contribution >= 4 is 46.0 Å². The predicted molar refractivity (Wildman–Crippen MR) is 106 cm³/mol. The van der Waals surface area contributed by atoms with Gasteiger partial charge in [-0.25, -0.2) is 10.2 Å². The molecule has 0 atom stereocenters. The number of fused-ring (bicyclic) bond motifs is 1. The van der Waals surface area contributed by atoms with Gasteiger partial charge in [-0.2, -0.15) is 5.10 Å². The minimum atomic E-state index is -0.683. The molecule has 9 heteroatoms. The second kappa shape index (κ2) is 9.03. The molecule has 0 aliphatic rings. The van der Waals surface area contributed by atoms with E-state index in [-0.39, 0.29) is 11.1 Å². The lowest BCUT2D eigenvalue weighted by atomic mass is 10.2. The average molecular weight is 414 g/mol. The van der Waals surface area contributed by atoms with Crippen molar-refractivity contribution in [3.8, 4) is 0 Å². The third-order valence-corrected chi connectivity index (χ3v) is 4.14. The Morgan fingerprint density at radius 1 is 1.07 bits per heavy atom. The van der Waals surface area contributed by atoms with Gasteiger partial charge in [-0.05, 0) is 24.3 Å². The van der Waals surface area contributed by atoms with Gasteiger partial charge in [0, 0.05) is 11.5 Å². The van der Waals surface area contributed by atoms with Crippen LogP contribution in [0.2, 0.25) is 5.02 Å². The first-order valence-corrected chi connectivity index (χ1v) is 8.84. The molecule has 0 unspecified atom stereocenters. The molecule has 1 heterocycles. The van der Waals surface area contributed by atoms with Gasteiger partial charge in [0.05, 0.1) is 23.2 Å². The summed E-state index contributed by atoms with van der Waals surface area (Å²) in [6, 6.07) is 14.9. The largest absolute Gasteiger partial charge is 0.463 e. The minimum Gasteiger partial charge on any atom is -0.463 e. The number of anilines is 1. The zero-order valence-electron chi connectivity index (χ0n) is 15.3. The summed E-state index contributed by atoms with van der Waals surface area (Å²) < 4.78 is 10.1. The summed E-state index contributed by atoms with van der Waals surface area (Å²) >= 11 is 5.97. The highest BCUT2D eigenvalue weighted by atomic mass is 35.5. The lowest BCUT2D eigenvalue weighted by Crippen LogP contribution is -2.26. The monoisotopic (exact) mass is 413 g/mol. The Labute approximate surface area is 170 Å². The number of carbonyl (C=O) groups is 3. The number of halogens is 1. The van der Waals surface area contributed by atoms with Crippen LogP contribution < -0.4 is 16.1 Å². The summed E-state index contributed by atoms with van der Waals surface area (Å²) in [6.45, 7) is 0. The SMILES string of the molecule is COC(=O)c1c/c(=N\NC(=O)CC(=O)Nc2ccccc2Cl)c2ccccc2o1. The maximum atomic E-state index is 12.1. The number of ether oxygens (including phenoxy) is 1. The number of rotatable bonds is 5. The number of esters is 1. The molecule has 0 fully saturated rings. The van der Waals surface area contributed by atoms with Gasteiger partial charge in [-0.3, -0.25) is 9.59 Å². The van der Waals surface area contributed by atoms with Crippen molar-refractivity contribution in [3.63, 3.8) is 0 Å². The standard InChI is InChI=1S/C20H16ClN3O5/c1-28-20(27)17-10-15(12-6-2-5-9-16(12)29-17)23-24-19(26)11-18(25)22-14-8-4-3-7-13(14)21/h2-10H,11H2,1H3,(H,22,25)(H,24,26)/b23-15+. The maximum Gasteiger partial charge on any atom is 0.374 e. The van der Waals surface area contributed by atoms with E-state index in [0.29, 0.717) is 21.7 Å². The Hall–Kier alpha value is -3.65. The van der Waals surface area contributed by atoms with E-state index in [1.54, 1.807) is 48.5 Å². The first kappa shape index (κ1) is 20.1. The topological polar surface area (TPSA) is 110 Å². The van der Waals surface area contributed by atoms with E-state index in [4.69, 9.17) is 16.0 Å². The third-order valence-electron chi connectivity index (χ3n) is 3.81. The summed E-state index contributed by atoms with van der Waals surface area (Å²) in [5.74, 6) is -1.94. The molecule has 0 aliphatic carbocycles. The van der Waals surface area contributed by atoms with Crippen molar-refractivity contribution in [1.29, 1.82) is 0 Å². The highest BCUT2D eigenvalue weighted by molar-refractivity contribution is 6.33. The Bertz CT molecular complexity index is 1160. The van der Waals surface area contributed by atoms with Gasteiger partial charge in [0.1, 0.15) is 12.0 Å². The number of methoxy groups -OCH3 is 1. The average Bonchev–Trinajstić information content (AvgIpc) is 2.72. The van der Waals surface area contributed by atoms with Crippen molar-refractivity contribution in [2.24, 2.45) is 5.10 Å². The van der Waals surface area contributed by atoms with Gasteiger partial charge in [0.25, 0.3) is 0 Å². The molecule has 29 heavy (non-hydrogen) atoms. The van der Waals surface area contributed by atoms with E-state index < -0.39 is 24.2 Å². The number of benzene rings is 2. The maximum absolute atomic E-state index is 12.1. The molecule has 1 aromatic heterocycles. The summed E-state index contributed by atoms with van der Waals surface area (Å²) in [7, 11) is 1.23. The molecule has 2 N–H and O–H groups in total. The minimum absolute atomic E-state index is 0.0735. The predicted octanol–water partition coefficient (Wildman–Crippen LogP) is 2.83. The lowest BCUT2D eigenvalue weighted by molar-refractivity contribution is -0.126. The Morgan fingerprint density at radius 3 is 2.55 bits per heavy atom. The molecule has 8 nitrogen and oxygen atoms in total. The molecule has 0 spiro atoms. The van der Waals surface area contributed by atoms with Gasteiger partial charge in [0.15, 0.2) is 0 Å². The molecule has 0 aliphatic heterocycles. The van der Waals surface area contributed by atoms with E-state index in [1.807, 2.05) is 0 Å². The fourth-order valence-corrected chi connectivity index (χ4v) is 2.66. The molecule has 2 aromatic carbocycles. The molecule has 148 valence electrons. The zero-order valence-corrected chi connectivity index (χ0v) is 16.0. The third kappa shape index (κ3) is 4.99. The quantitative estimate of drug-likeness (QED) is 0.379. The highest BCUT2D eigenvalue weighted by Gasteiger charge is 2.13. The summed E-state index contributed by atoms with van der Waals surface area (Å²) in [6.07, 6.45) is -0.465. The molecular weight excluding hydrogens is 398 g/mol. The van der Waals surface area contributed by atoms with Crippen LogP contribution in [0.5, 0.6) is 0 Å². The zero-order chi connectivity index (χ0) is 20.8. The summed E-state index contributed by atoms with van der Waals surface area (Å²) in [4.78, 5) is 35.9.